The van der Waals surface area contributed by atoms with Crippen molar-refractivity contribution in [3.8, 4) is 0 Å². The molecule has 1 aromatic heterocycles. The monoisotopic (exact) mass is 592 g/mol. The van der Waals surface area contributed by atoms with Crippen molar-refractivity contribution < 1.29 is 4.57 Å². The van der Waals surface area contributed by atoms with Crippen LogP contribution in [-0.2, 0) is 13.0 Å². The van der Waals surface area contributed by atoms with Crippen LogP contribution < -0.4 is 4.57 Å². The van der Waals surface area contributed by atoms with Crippen LogP contribution in [0.4, 0.5) is 0 Å². The van der Waals surface area contributed by atoms with E-state index in [1.54, 1.807) is 5.69 Å². The molecule has 0 spiro atoms. The van der Waals surface area contributed by atoms with E-state index in [9.17, 15) is 0 Å². The molecule has 0 fully saturated rings. The molecule has 1 rings (SSSR count). The first-order valence-corrected chi connectivity index (χ1v) is 20.4. The minimum absolute atomic E-state index is 1.16. The summed E-state index contributed by atoms with van der Waals surface area (Å²) in [6.45, 7) is 10.3. The van der Waals surface area contributed by atoms with Crippen molar-refractivity contribution in [2.24, 2.45) is 0 Å². The highest BCUT2D eigenvalue weighted by molar-refractivity contribution is 8.76. The Labute approximate surface area is 260 Å². The molecule has 1 heterocycles. The summed E-state index contributed by atoms with van der Waals surface area (Å²) in [6, 6.07) is 4.83. The molecule has 0 saturated carbocycles. The molecule has 0 N–H and O–H groups in total. The molecule has 0 amide bonds. The van der Waals surface area contributed by atoms with Crippen LogP contribution in [0.5, 0.6) is 0 Å². The third kappa shape index (κ3) is 22.4. The lowest BCUT2D eigenvalue weighted by Crippen LogP contribution is -2.42. The summed E-state index contributed by atoms with van der Waals surface area (Å²) < 4.78 is 2.61. The van der Waals surface area contributed by atoms with Crippen molar-refractivity contribution in [3.63, 3.8) is 0 Å². The van der Waals surface area contributed by atoms with Crippen molar-refractivity contribution in [3.05, 3.63) is 29.1 Å². The second-order valence-corrected chi connectivity index (χ2v) is 15.2. The SMILES string of the molecule is CCCCCCCCCCCCCCSSCC[n+]1c(C)cc(C)cc1CCCCCCCCCCCCCC. The van der Waals surface area contributed by atoms with Crippen LogP contribution in [-0.4, -0.2) is 11.5 Å². The van der Waals surface area contributed by atoms with E-state index in [-0.39, 0.29) is 0 Å². The van der Waals surface area contributed by atoms with E-state index in [0.717, 1.165) is 6.54 Å². The topological polar surface area (TPSA) is 3.88 Å². The van der Waals surface area contributed by atoms with Gasteiger partial charge in [-0.3, -0.25) is 0 Å². The lowest BCUT2D eigenvalue weighted by molar-refractivity contribution is -0.705. The molecule has 0 aliphatic heterocycles. The van der Waals surface area contributed by atoms with Gasteiger partial charge in [0, 0.05) is 31.2 Å². The van der Waals surface area contributed by atoms with Crippen LogP contribution in [0.25, 0.3) is 0 Å². The molecule has 234 valence electrons. The maximum absolute atomic E-state index is 2.61. The largest absolute Gasteiger partial charge is 0.199 e. The Hall–Kier alpha value is -0.150. The number of hydrogen-bond donors (Lipinski definition) is 0. The molecular formula is C37H70NS2+. The Morgan fingerprint density at radius 3 is 1.35 bits per heavy atom. The highest BCUT2D eigenvalue weighted by Gasteiger charge is 2.15. The molecule has 0 radical (unpaired) electrons. The molecule has 0 saturated heterocycles. The molecule has 1 aromatic rings. The van der Waals surface area contributed by atoms with Gasteiger partial charge in [-0.05, 0) is 25.3 Å². The molecule has 0 aliphatic carbocycles. The number of aromatic nitrogens is 1. The van der Waals surface area contributed by atoms with E-state index in [1.165, 1.54) is 183 Å². The van der Waals surface area contributed by atoms with Gasteiger partial charge in [-0.15, -0.1) is 0 Å². The molecule has 40 heavy (non-hydrogen) atoms. The second-order valence-electron chi connectivity index (χ2n) is 12.5. The van der Waals surface area contributed by atoms with Gasteiger partial charge in [0.2, 0.25) is 0 Å². The summed E-state index contributed by atoms with van der Waals surface area (Å²) in [7, 11) is 4.20. The number of hydrogen-bond acceptors (Lipinski definition) is 2. The minimum atomic E-state index is 1.16. The number of nitrogens with zero attached hydrogens (tertiary/aromatic N) is 1. The number of pyridine rings is 1. The normalized spacial score (nSPS) is 11.5. The standard InChI is InChI=1S/C37H70NS2/c1-5-7-9-11-13-15-17-19-21-23-25-27-29-37-34-35(3)33-36(4)38(37)30-32-40-39-31-28-26-24-22-20-18-16-14-12-10-8-6-2/h33-34H,5-32H2,1-4H3/q+1. The summed E-state index contributed by atoms with van der Waals surface area (Å²) in [6.07, 6.45) is 35.7. The molecule has 0 atom stereocenters. The highest BCUT2D eigenvalue weighted by Crippen LogP contribution is 2.23. The van der Waals surface area contributed by atoms with E-state index in [4.69, 9.17) is 0 Å². The third-order valence-electron chi connectivity index (χ3n) is 8.45. The fourth-order valence-corrected chi connectivity index (χ4v) is 8.04. The number of rotatable bonds is 30. The van der Waals surface area contributed by atoms with E-state index in [0.29, 0.717) is 0 Å². The van der Waals surface area contributed by atoms with Crippen molar-refractivity contribution >= 4 is 21.6 Å². The molecule has 0 bridgehead atoms. The summed E-state index contributed by atoms with van der Waals surface area (Å²) >= 11 is 0. The zero-order valence-electron chi connectivity index (χ0n) is 27.7. The Morgan fingerprint density at radius 2 is 0.875 bits per heavy atom. The first-order chi connectivity index (χ1) is 19.7. The van der Waals surface area contributed by atoms with Gasteiger partial charge in [-0.2, -0.15) is 4.57 Å². The maximum Gasteiger partial charge on any atom is 0.181 e. The fraction of sp³-hybridized carbons (Fsp3) is 0.865. The Bertz CT molecular complexity index is 674. The van der Waals surface area contributed by atoms with Crippen molar-refractivity contribution in [2.75, 3.05) is 11.5 Å². The maximum atomic E-state index is 2.61. The van der Waals surface area contributed by atoms with Crippen LogP contribution in [0, 0.1) is 13.8 Å². The highest BCUT2D eigenvalue weighted by atomic mass is 33.1. The average molecular weight is 593 g/mol. The van der Waals surface area contributed by atoms with Gasteiger partial charge in [-0.1, -0.05) is 177 Å². The summed E-state index contributed by atoms with van der Waals surface area (Å²) in [5.74, 6) is 2.55. The fourth-order valence-electron chi connectivity index (χ4n) is 5.94. The summed E-state index contributed by atoms with van der Waals surface area (Å²) in [5, 5.41) is 0. The first kappa shape index (κ1) is 37.9. The van der Waals surface area contributed by atoms with E-state index >= 15 is 0 Å². The molecule has 0 aromatic carbocycles. The van der Waals surface area contributed by atoms with Gasteiger partial charge >= 0.3 is 0 Å². The van der Waals surface area contributed by atoms with Crippen LogP contribution in [0.1, 0.15) is 185 Å². The van der Waals surface area contributed by atoms with Gasteiger partial charge in [-0.25, -0.2) is 0 Å². The lowest BCUT2D eigenvalue weighted by atomic mass is 10.0. The Morgan fingerprint density at radius 1 is 0.475 bits per heavy atom. The van der Waals surface area contributed by atoms with Gasteiger partial charge < -0.3 is 0 Å². The third-order valence-corrected chi connectivity index (χ3v) is 10.9. The molecular weight excluding hydrogens is 523 g/mol. The Kier molecular flexibility index (Phi) is 27.4. The summed E-state index contributed by atoms with van der Waals surface area (Å²) in [4.78, 5) is 0. The van der Waals surface area contributed by atoms with Gasteiger partial charge in [0.25, 0.3) is 0 Å². The lowest BCUT2D eigenvalue weighted by Gasteiger charge is -2.09. The van der Waals surface area contributed by atoms with Gasteiger partial charge in [0.05, 0.1) is 5.75 Å². The predicted octanol–water partition coefficient (Wildman–Crippen LogP) is 12.9. The number of unbranched alkanes of at least 4 members (excludes halogenated alkanes) is 22. The van der Waals surface area contributed by atoms with Crippen LogP contribution >= 0.6 is 21.6 Å². The molecule has 1 nitrogen and oxygen atoms in total. The van der Waals surface area contributed by atoms with Crippen molar-refractivity contribution in [2.45, 2.75) is 195 Å². The van der Waals surface area contributed by atoms with Gasteiger partial charge in [0.1, 0.15) is 0 Å². The first-order valence-electron chi connectivity index (χ1n) is 17.9. The van der Waals surface area contributed by atoms with Crippen LogP contribution in [0.15, 0.2) is 12.1 Å². The van der Waals surface area contributed by atoms with E-state index < -0.39 is 0 Å². The number of aryl methyl sites for hydroxylation is 3. The van der Waals surface area contributed by atoms with Crippen LogP contribution in [0.2, 0.25) is 0 Å². The second kappa shape index (κ2) is 28.9. The average Bonchev–Trinajstić information content (AvgIpc) is 2.94. The smallest absolute Gasteiger partial charge is 0.181 e. The Balaban J connectivity index is 2.05. The zero-order chi connectivity index (χ0) is 28.9. The van der Waals surface area contributed by atoms with E-state index in [1.807, 2.05) is 0 Å². The van der Waals surface area contributed by atoms with Crippen molar-refractivity contribution in [1.82, 2.24) is 0 Å². The molecule has 0 aliphatic rings. The van der Waals surface area contributed by atoms with Crippen molar-refractivity contribution in [1.29, 1.82) is 0 Å². The van der Waals surface area contributed by atoms with Crippen LogP contribution in [0.3, 0.4) is 0 Å². The molecule has 3 heteroatoms. The quantitative estimate of drug-likeness (QED) is 0.0497. The minimum Gasteiger partial charge on any atom is -0.199 e. The van der Waals surface area contributed by atoms with E-state index in [2.05, 4.69) is 66.0 Å². The van der Waals surface area contributed by atoms with Gasteiger partial charge in [0.15, 0.2) is 17.9 Å². The zero-order valence-corrected chi connectivity index (χ0v) is 29.4. The predicted molar refractivity (Wildman–Crippen MR) is 187 cm³/mol. The molecule has 0 unspecified atom stereocenters. The summed E-state index contributed by atoms with van der Waals surface area (Å²) in [5.41, 5.74) is 4.44.